The monoisotopic (exact) mass is 389 g/mol. The van der Waals surface area contributed by atoms with Gasteiger partial charge < -0.3 is 5.32 Å². The molecule has 3 aromatic rings. The predicted octanol–water partition coefficient (Wildman–Crippen LogP) is 4.37. The van der Waals surface area contributed by atoms with Crippen LogP contribution in [0.1, 0.15) is 22.1 Å². The first kappa shape index (κ1) is 17.7. The minimum absolute atomic E-state index is 0.0815. The molecule has 1 aliphatic rings. The molecule has 27 heavy (non-hydrogen) atoms. The zero-order valence-corrected chi connectivity index (χ0v) is 15.0. The second-order valence-electron chi connectivity index (χ2n) is 6.14. The number of hydrogen-bond acceptors (Lipinski definition) is 3. The average molecular weight is 389 g/mol. The van der Waals surface area contributed by atoms with E-state index in [0.717, 1.165) is 18.2 Å². The fourth-order valence-corrected chi connectivity index (χ4v) is 4.31. The third-order valence-corrected chi connectivity index (χ3v) is 5.57. The molecule has 0 radical (unpaired) electrons. The van der Waals surface area contributed by atoms with Crippen molar-refractivity contribution in [1.29, 1.82) is 0 Å². The number of hydrogen-bond donors (Lipinski definition) is 1. The molecule has 0 aliphatic carbocycles. The molecule has 0 unspecified atom stereocenters. The van der Waals surface area contributed by atoms with Crippen molar-refractivity contribution in [3.05, 3.63) is 76.7 Å². The number of halogens is 3. The molecule has 4 nitrogen and oxygen atoms in total. The lowest BCUT2D eigenvalue weighted by molar-refractivity contribution is -0.113. The van der Waals surface area contributed by atoms with Gasteiger partial charge in [-0.3, -0.25) is 4.79 Å². The Morgan fingerprint density at radius 3 is 2.56 bits per heavy atom. The van der Waals surface area contributed by atoms with Crippen LogP contribution in [0.25, 0.3) is 5.69 Å². The van der Waals surface area contributed by atoms with Crippen LogP contribution in [0.5, 0.6) is 0 Å². The van der Waals surface area contributed by atoms with Gasteiger partial charge in [0.1, 0.15) is 23.3 Å². The van der Waals surface area contributed by atoms with Gasteiger partial charge >= 0.3 is 0 Å². The molecule has 0 spiro atoms. The largest absolute Gasteiger partial charge is 0.310 e. The maximum atomic E-state index is 14.4. The molecule has 0 saturated carbocycles. The van der Waals surface area contributed by atoms with Gasteiger partial charge in [-0.1, -0.05) is 0 Å². The number of nitrogens with one attached hydrogen (secondary N) is 1. The molecular formula is C19H14F3N3OS. The first-order valence-electron chi connectivity index (χ1n) is 8.16. The summed E-state index contributed by atoms with van der Waals surface area (Å²) in [6.45, 7) is 1.74. The summed E-state index contributed by atoms with van der Waals surface area (Å²) in [5.41, 5.74) is 1.86. The molecule has 1 N–H and O–H groups in total. The molecule has 2 heterocycles. The van der Waals surface area contributed by atoms with Gasteiger partial charge in [-0.15, -0.1) is 11.8 Å². The maximum absolute atomic E-state index is 14.4. The van der Waals surface area contributed by atoms with E-state index in [2.05, 4.69) is 10.4 Å². The Morgan fingerprint density at radius 2 is 1.81 bits per heavy atom. The van der Waals surface area contributed by atoms with Gasteiger partial charge in [0.2, 0.25) is 5.91 Å². The van der Waals surface area contributed by atoms with E-state index in [1.807, 2.05) is 0 Å². The van der Waals surface area contributed by atoms with Gasteiger partial charge in [-0.2, -0.15) is 5.10 Å². The summed E-state index contributed by atoms with van der Waals surface area (Å²) in [7, 11) is 0. The standard InChI is InChI=1S/C19H14F3N3OS/c1-10-17-18(14-8-12(21)4-7-15(14)22)27-9-16(26)23-19(17)25(24-10)13-5-2-11(20)3-6-13/h2-8,18H,9H2,1H3,(H,23,26)/t18-/m0/s1. The van der Waals surface area contributed by atoms with Crippen LogP contribution in [0.15, 0.2) is 42.5 Å². The normalized spacial score (nSPS) is 16.6. The zero-order chi connectivity index (χ0) is 19.1. The minimum atomic E-state index is -0.608. The van der Waals surface area contributed by atoms with E-state index in [1.54, 1.807) is 6.92 Å². The Balaban J connectivity index is 1.91. The molecule has 1 amide bonds. The van der Waals surface area contributed by atoms with Gasteiger partial charge in [0.25, 0.3) is 0 Å². The highest BCUT2D eigenvalue weighted by Gasteiger charge is 2.32. The minimum Gasteiger partial charge on any atom is -0.310 e. The average Bonchev–Trinajstić information content (AvgIpc) is 2.84. The lowest BCUT2D eigenvalue weighted by Gasteiger charge is -2.16. The highest BCUT2D eigenvalue weighted by molar-refractivity contribution is 8.00. The number of thioether (sulfide) groups is 1. The van der Waals surface area contributed by atoms with Gasteiger partial charge in [-0.25, -0.2) is 17.9 Å². The van der Waals surface area contributed by atoms with Crippen LogP contribution in [0.3, 0.4) is 0 Å². The molecule has 0 fully saturated rings. The Kier molecular flexibility index (Phi) is 4.43. The van der Waals surface area contributed by atoms with Crippen LogP contribution in [0, 0.1) is 24.4 Å². The van der Waals surface area contributed by atoms with E-state index in [0.29, 0.717) is 22.8 Å². The number of nitrogens with zero attached hydrogens (tertiary/aromatic N) is 2. The van der Waals surface area contributed by atoms with Gasteiger partial charge in [0, 0.05) is 11.1 Å². The van der Waals surface area contributed by atoms with Crippen molar-refractivity contribution in [2.45, 2.75) is 12.2 Å². The summed E-state index contributed by atoms with van der Waals surface area (Å²) < 4.78 is 42.9. The Bertz CT molecular complexity index is 1030. The molecule has 1 aromatic heterocycles. The van der Waals surface area contributed by atoms with Crippen molar-refractivity contribution < 1.29 is 18.0 Å². The summed E-state index contributed by atoms with van der Waals surface area (Å²) >= 11 is 1.20. The Labute approximate surface area is 157 Å². The molecular weight excluding hydrogens is 375 g/mol. The third-order valence-electron chi connectivity index (χ3n) is 4.32. The fourth-order valence-electron chi connectivity index (χ4n) is 3.11. The third kappa shape index (κ3) is 3.21. The predicted molar refractivity (Wildman–Crippen MR) is 97.5 cm³/mol. The maximum Gasteiger partial charge on any atom is 0.235 e. The lowest BCUT2D eigenvalue weighted by Crippen LogP contribution is -2.15. The Hall–Kier alpha value is -2.74. The van der Waals surface area contributed by atoms with E-state index >= 15 is 0 Å². The molecule has 0 saturated heterocycles. The first-order chi connectivity index (χ1) is 12.9. The van der Waals surface area contributed by atoms with Crippen molar-refractivity contribution in [1.82, 2.24) is 9.78 Å². The Morgan fingerprint density at radius 1 is 1.11 bits per heavy atom. The molecule has 8 heteroatoms. The number of carbonyl (C=O) groups is 1. The number of aromatic nitrogens is 2. The number of anilines is 1. The zero-order valence-electron chi connectivity index (χ0n) is 14.2. The highest BCUT2D eigenvalue weighted by Crippen LogP contribution is 2.44. The molecule has 138 valence electrons. The lowest BCUT2D eigenvalue weighted by atomic mass is 10.0. The first-order valence-corrected chi connectivity index (χ1v) is 9.21. The number of aryl methyl sites for hydroxylation is 1. The number of amides is 1. The van der Waals surface area contributed by atoms with E-state index in [9.17, 15) is 18.0 Å². The SMILES string of the molecule is Cc1nn(-c2ccc(F)cc2)c2c1[C@H](c1cc(F)ccc1F)SCC(=O)N2. The molecule has 1 aliphatic heterocycles. The van der Waals surface area contributed by atoms with Crippen LogP contribution < -0.4 is 5.32 Å². The summed E-state index contributed by atoms with van der Waals surface area (Å²) in [5, 5.41) is 6.63. The number of rotatable bonds is 2. The van der Waals surface area contributed by atoms with Crippen LogP contribution >= 0.6 is 11.8 Å². The number of fused-ring (bicyclic) bond motifs is 1. The molecule has 2 aromatic carbocycles. The van der Waals surface area contributed by atoms with Crippen molar-refractivity contribution >= 4 is 23.5 Å². The van der Waals surface area contributed by atoms with E-state index < -0.39 is 22.7 Å². The van der Waals surface area contributed by atoms with Crippen molar-refractivity contribution in [2.75, 3.05) is 11.1 Å². The van der Waals surface area contributed by atoms with E-state index in [4.69, 9.17) is 0 Å². The fraction of sp³-hybridized carbons (Fsp3) is 0.158. The van der Waals surface area contributed by atoms with Crippen LogP contribution in [-0.2, 0) is 4.79 Å². The van der Waals surface area contributed by atoms with E-state index in [-0.39, 0.29) is 17.2 Å². The molecule has 1 atom stereocenters. The quantitative estimate of drug-likeness (QED) is 0.708. The topological polar surface area (TPSA) is 46.9 Å². The number of carbonyl (C=O) groups excluding carboxylic acids is 1. The second kappa shape index (κ2) is 6.77. The summed E-state index contributed by atoms with van der Waals surface area (Å²) in [6.07, 6.45) is 0. The molecule has 4 rings (SSSR count). The summed E-state index contributed by atoms with van der Waals surface area (Å²) in [5.74, 6) is -1.32. The van der Waals surface area contributed by atoms with Crippen molar-refractivity contribution in [2.24, 2.45) is 0 Å². The van der Waals surface area contributed by atoms with Crippen LogP contribution in [-0.4, -0.2) is 21.4 Å². The second-order valence-corrected chi connectivity index (χ2v) is 7.23. The van der Waals surface area contributed by atoms with Gasteiger partial charge in [-0.05, 0) is 49.4 Å². The summed E-state index contributed by atoms with van der Waals surface area (Å²) in [4.78, 5) is 12.2. The van der Waals surface area contributed by atoms with Crippen LogP contribution in [0.4, 0.5) is 19.0 Å². The van der Waals surface area contributed by atoms with Gasteiger partial charge in [0.05, 0.1) is 22.4 Å². The van der Waals surface area contributed by atoms with E-state index in [1.165, 1.54) is 40.7 Å². The highest BCUT2D eigenvalue weighted by atomic mass is 32.2. The van der Waals surface area contributed by atoms with Crippen LogP contribution in [0.2, 0.25) is 0 Å². The summed E-state index contributed by atoms with van der Waals surface area (Å²) in [6, 6.07) is 8.91. The van der Waals surface area contributed by atoms with Crippen molar-refractivity contribution in [3.63, 3.8) is 0 Å². The smallest absolute Gasteiger partial charge is 0.235 e. The number of benzene rings is 2. The van der Waals surface area contributed by atoms with Crippen molar-refractivity contribution in [3.8, 4) is 5.69 Å². The van der Waals surface area contributed by atoms with Gasteiger partial charge in [0.15, 0.2) is 0 Å². The molecule has 0 bridgehead atoms.